The Kier molecular flexibility index (Phi) is 7.06. The summed E-state index contributed by atoms with van der Waals surface area (Å²) in [6.45, 7) is 4.40. The standard InChI is InChI=1S/C26H30FN3O3/c1-18-6-2-3-7-22(18)25(32)30-16-12-19(13-17-30)23(26(33)29-14-4-5-15-29)28-24(31)20-8-10-21(27)11-9-20/h2-3,6-11,19,23H,4-5,12-17H2,1H3,(H,28,31)/t23-/m1/s1. The van der Waals surface area contributed by atoms with Gasteiger partial charge in [-0.1, -0.05) is 18.2 Å². The van der Waals surface area contributed by atoms with Crippen LogP contribution in [0.3, 0.4) is 0 Å². The fourth-order valence-electron chi connectivity index (χ4n) is 4.76. The summed E-state index contributed by atoms with van der Waals surface area (Å²) >= 11 is 0. The molecule has 2 aromatic rings. The molecule has 3 amide bonds. The van der Waals surface area contributed by atoms with Crippen LogP contribution in [0.4, 0.5) is 4.39 Å². The Bertz CT molecular complexity index is 1010. The summed E-state index contributed by atoms with van der Waals surface area (Å²) in [5.41, 5.74) is 1.96. The number of nitrogens with one attached hydrogen (secondary N) is 1. The van der Waals surface area contributed by atoms with Crippen molar-refractivity contribution in [3.05, 3.63) is 71.0 Å². The average Bonchev–Trinajstić information content (AvgIpc) is 3.38. The van der Waals surface area contributed by atoms with E-state index in [1.807, 2.05) is 41.0 Å². The molecule has 0 aliphatic carbocycles. The van der Waals surface area contributed by atoms with Gasteiger partial charge < -0.3 is 15.1 Å². The first-order valence-corrected chi connectivity index (χ1v) is 11.6. The number of likely N-dealkylation sites (tertiary alicyclic amines) is 2. The van der Waals surface area contributed by atoms with E-state index in [-0.39, 0.29) is 23.6 Å². The molecular weight excluding hydrogens is 421 g/mol. The minimum Gasteiger partial charge on any atom is -0.341 e. The number of piperidine rings is 1. The van der Waals surface area contributed by atoms with Gasteiger partial charge >= 0.3 is 0 Å². The van der Waals surface area contributed by atoms with Gasteiger partial charge in [0.25, 0.3) is 11.8 Å². The van der Waals surface area contributed by atoms with E-state index >= 15 is 0 Å². The molecule has 2 aromatic carbocycles. The highest BCUT2D eigenvalue weighted by molar-refractivity contribution is 5.98. The largest absolute Gasteiger partial charge is 0.341 e. The van der Waals surface area contributed by atoms with E-state index in [0.717, 1.165) is 18.4 Å². The molecular formula is C26H30FN3O3. The zero-order valence-electron chi connectivity index (χ0n) is 18.9. The molecule has 0 saturated carbocycles. The third kappa shape index (κ3) is 5.24. The molecule has 0 spiro atoms. The lowest BCUT2D eigenvalue weighted by atomic mass is 9.87. The van der Waals surface area contributed by atoms with E-state index in [1.54, 1.807) is 0 Å². The number of benzene rings is 2. The van der Waals surface area contributed by atoms with E-state index in [2.05, 4.69) is 5.32 Å². The van der Waals surface area contributed by atoms with Crippen molar-refractivity contribution < 1.29 is 18.8 Å². The lowest BCUT2D eigenvalue weighted by Gasteiger charge is -2.37. The van der Waals surface area contributed by atoms with Crippen LogP contribution in [0.15, 0.2) is 48.5 Å². The summed E-state index contributed by atoms with van der Waals surface area (Å²) in [4.78, 5) is 42.8. The van der Waals surface area contributed by atoms with Crippen molar-refractivity contribution >= 4 is 17.7 Å². The van der Waals surface area contributed by atoms with Gasteiger partial charge in [-0.25, -0.2) is 4.39 Å². The van der Waals surface area contributed by atoms with Crippen molar-refractivity contribution in [1.82, 2.24) is 15.1 Å². The van der Waals surface area contributed by atoms with Gasteiger partial charge in [0.1, 0.15) is 11.9 Å². The number of amides is 3. The van der Waals surface area contributed by atoms with Gasteiger partial charge in [0.05, 0.1) is 0 Å². The van der Waals surface area contributed by atoms with Crippen LogP contribution in [-0.2, 0) is 4.79 Å². The number of carbonyl (C=O) groups excluding carboxylic acids is 3. The van der Waals surface area contributed by atoms with Crippen LogP contribution in [0.5, 0.6) is 0 Å². The van der Waals surface area contributed by atoms with Crippen molar-refractivity contribution in [3.8, 4) is 0 Å². The highest BCUT2D eigenvalue weighted by atomic mass is 19.1. The summed E-state index contributed by atoms with van der Waals surface area (Å²) in [5.74, 6) is -0.924. The smallest absolute Gasteiger partial charge is 0.254 e. The molecule has 4 rings (SSSR count). The second kappa shape index (κ2) is 10.1. The fraction of sp³-hybridized carbons (Fsp3) is 0.423. The second-order valence-corrected chi connectivity index (χ2v) is 8.93. The first-order valence-electron chi connectivity index (χ1n) is 11.6. The third-order valence-corrected chi connectivity index (χ3v) is 6.75. The van der Waals surface area contributed by atoms with Crippen molar-refractivity contribution in [2.24, 2.45) is 5.92 Å². The predicted octanol–water partition coefficient (Wildman–Crippen LogP) is 3.41. The molecule has 2 aliphatic rings. The number of rotatable bonds is 5. The normalized spacial score (nSPS) is 17.6. The Morgan fingerprint density at radius 3 is 2.18 bits per heavy atom. The van der Waals surface area contributed by atoms with E-state index in [9.17, 15) is 18.8 Å². The van der Waals surface area contributed by atoms with E-state index in [0.29, 0.717) is 50.1 Å². The molecule has 6 nitrogen and oxygen atoms in total. The van der Waals surface area contributed by atoms with Gasteiger partial charge in [-0.2, -0.15) is 0 Å². The van der Waals surface area contributed by atoms with Crippen LogP contribution in [0, 0.1) is 18.7 Å². The molecule has 2 aliphatic heterocycles. The molecule has 174 valence electrons. The Morgan fingerprint density at radius 2 is 1.55 bits per heavy atom. The SMILES string of the molecule is Cc1ccccc1C(=O)N1CCC([C@@H](NC(=O)c2ccc(F)cc2)C(=O)N2CCCC2)CC1. The van der Waals surface area contributed by atoms with Crippen molar-refractivity contribution in [1.29, 1.82) is 0 Å². The summed E-state index contributed by atoms with van der Waals surface area (Å²) in [5, 5.41) is 2.93. The number of hydrogen-bond donors (Lipinski definition) is 1. The number of hydrogen-bond acceptors (Lipinski definition) is 3. The van der Waals surface area contributed by atoms with E-state index in [1.165, 1.54) is 24.3 Å². The zero-order chi connectivity index (χ0) is 23.4. The van der Waals surface area contributed by atoms with Gasteiger partial charge in [0.2, 0.25) is 5.91 Å². The molecule has 2 heterocycles. The lowest BCUT2D eigenvalue weighted by Crippen LogP contribution is -2.54. The van der Waals surface area contributed by atoms with Crippen molar-refractivity contribution in [2.45, 2.75) is 38.6 Å². The topological polar surface area (TPSA) is 69.7 Å². The fourth-order valence-corrected chi connectivity index (χ4v) is 4.76. The molecule has 7 heteroatoms. The van der Waals surface area contributed by atoms with Crippen molar-refractivity contribution in [2.75, 3.05) is 26.2 Å². The maximum atomic E-state index is 13.3. The highest BCUT2D eigenvalue weighted by Crippen LogP contribution is 2.25. The molecule has 0 bridgehead atoms. The molecule has 1 N–H and O–H groups in total. The minimum absolute atomic E-state index is 0.00400. The molecule has 0 radical (unpaired) electrons. The first-order chi connectivity index (χ1) is 15.9. The minimum atomic E-state index is -0.656. The molecule has 2 saturated heterocycles. The summed E-state index contributed by atoms with van der Waals surface area (Å²) < 4.78 is 13.3. The van der Waals surface area contributed by atoms with Gasteiger partial charge in [0, 0.05) is 37.3 Å². The van der Waals surface area contributed by atoms with Crippen LogP contribution < -0.4 is 5.32 Å². The maximum Gasteiger partial charge on any atom is 0.254 e. The zero-order valence-corrected chi connectivity index (χ0v) is 18.9. The third-order valence-electron chi connectivity index (χ3n) is 6.75. The summed E-state index contributed by atoms with van der Waals surface area (Å²) in [6.07, 6.45) is 3.19. The first kappa shape index (κ1) is 23.0. The number of carbonyl (C=O) groups is 3. The Hall–Kier alpha value is -3.22. The van der Waals surface area contributed by atoms with Crippen LogP contribution in [0.25, 0.3) is 0 Å². The molecule has 0 aromatic heterocycles. The van der Waals surface area contributed by atoms with Crippen LogP contribution >= 0.6 is 0 Å². The van der Waals surface area contributed by atoms with Crippen LogP contribution in [-0.4, -0.2) is 59.7 Å². The lowest BCUT2D eigenvalue weighted by molar-refractivity contribution is -0.134. The number of halogens is 1. The predicted molar refractivity (Wildman–Crippen MR) is 123 cm³/mol. The van der Waals surface area contributed by atoms with Gasteiger partial charge in [-0.15, -0.1) is 0 Å². The number of aryl methyl sites for hydroxylation is 1. The Morgan fingerprint density at radius 1 is 0.909 bits per heavy atom. The molecule has 2 fully saturated rings. The Labute approximate surface area is 193 Å². The van der Waals surface area contributed by atoms with Crippen molar-refractivity contribution in [3.63, 3.8) is 0 Å². The van der Waals surface area contributed by atoms with Crippen LogP contribution in [0.1, 0.15) is 52.0 Å². The van der Waals surface area contributed by atoms with E-state index in [4.69, 9.17) is 0 Å². The maximum absolute atomic E-state index is 13.3. The quantitative estimate of drug-likeness (QED) is 0.758. The van der Waals surface area contributed by atoms with E-state index < -0.39 is 11.9 Å². The molecule has 1 atom stereocenters. The summed E-state index contributed by atoms with van der Waals surface area (Å²) in [6, 6.07) is 12.2. The number of nitrogens with zero attached hydrogens (tertiary/aromatic N) is 2. The Balaban J connectivity index is 1.46. The van der Waals surface area contributed by atoms with Gasteiger partial charge in [-0.05, 0) is 74.4 Å². The van der Waals surface area contributed by atoms with Crippen LogP contribution in [0.2, 0.25) is 0 Å². The van der Waals surface area contributed by atoms with Gasteiger partial charge in [0.15, 0.2) is 0 Å². The monoisotopic (exact) mass is 451 g/mol. The average molecular weight is 452 g/mol. The highest BCUT2D eigenvalue weighted by Gasteiger charge is 2.37. The molecule has 33 heavy (non-hydrogen) atoms. The summed E-state index contributed by atoms with van der Waals surface area (Å²) in [7, 11) is 0. The molecule has 0 unspecified atom stereocenters. The second-order valence-electron chi connectivity index (χ2n) is 8.93. The van der Waals surface area contributed by atoms with Gasteiger partial charge in [-0.3, -0.25) is 14.4 Å².